The van der Waals surface area contributed by atoms with Gasteiger partial charge in [-0.05, 0) is 49.4 Å². The molecular formula is C20H22N2O7S. The van der Waals surface area contributed by atoms with Gasteiger partial charge in [0.05, 0.1) is 29.9 Å². The Bertz CT molecular complexity index is 1030. The van der Waals surface area contributed by atoms with Crippen LogP contribution in [0, 0.1) is 0 Å². The highest BCUT2D eigenvalue weighted by atomic mass is 32.2. The van der Waals surface area contributed by atoms with Crippen LogP contribution >= 0.6 is 0 Å². The maximum atomic E-state index is 13.3. The van der Waals surface area contributed by atoms with Gasteiger partial charge in [0, 0.05) is 12.6 Å². The van der Waals surface area contributed by atoms with Gasteiger partial charge in [0.15, 0.2) is 0 Å². The molecule has 0 radical (unpaired) electrons. The summed E-state index contributed by atoms with van der Waals surface area (Å²) in [7, 11) is -2.99. The lowest BCUT2D eigenvalue weighted by molar-refractivity contribution is -0.141. The molecule has 0 aliphatic rings. The number of esters is 2. The van der Waals surface area contributed by atoms with Gasteiger partial charge in [-0.25, -0.2) is 13.2 Å². The van der Waals surface area contributed by atoms with E-state index in [2.05, 4.69) is 10.1 Å². The van der Waals surface area contributed by atoms with Gasteiger partial charge in [-0.1, -0.05) is 6.07 Å². The van der Waals surface area contributed by atoms with E-state index in [0.717, 1.165) is 4.31 Å². The standard InChI is InChI=1S/C20H22N2O7S/c1-4-29-19(24)13-22(17-7-5-6-15(12-17)20(25)28-3)30(26,27)18-10-8-16(9-11-18)21-14(2)23/h5-12H,4,13H2,1-3H3,(H,21,23). The zero-order valence-electron chi connectivity index (χ0n) is 16.7. The third-order valence-electron chi connectivity index (χ3n) is 3.90. The van der Waals surface area contributed by atoms with E-state index in [-0.39, 0.29) is 28.7 Å². The molecule has 0 fully saturated rings. The highest BCUT2D eigenvalue weighted by Gasteiger charge is 2.28. The zero-order valence-corrected chi connectivity index (χ0v) is 17.6. The Morgan fingerprint density at radius 2 is 1.73 bits per heavy atom. The minimum absolute atomic E-state index is 0.0837. The number of carbonyl (C=O) groups is 3. The topological polar surface area (TPSA) is 119 Å². The van der Waals surface area contributed by atoms with Crippen LogP contribution in [-0.4, -0.2) is 46.5 Å². The molecule has 9 nitrogen and oxygen atoms in total. The van der Waals surface area contributed by atoms with E-state index >= 15 is 0 Å². The van der Waals surface area contributed by atoms with Crippen molar-refractivity contribution in [3.05, 3.63) is 54.1 Å². The maximum absolute atomic E-state index is 13.3. The second kappa shape index (κ2) is 9.88. The number of sulfonamides is 1. The Hall–Kier alpha value is -3.40. The minimum Gasteiger partial charge on any atom is -0.465 e. The SMILES string of the molecule is CCOC(=O)CN(c1cccc(C(=O)OC)c1)S(=O)(=O)c1ccc(NC(C)=O)cc1. The zero-order chi connectivity index (χ0) is 22.3. The molecular weight excluding hydrogens is 412 g/mol. The van der Waals surface area contributed by atoms with Crippen LogP contribution in [0.1, 0.15) is 24.2 Å². The highest BCUT2D eigenvalue weighted by Crippen LogP contribution is 2.26. The molecule has 0 heterocycles. The monoisotopic (exact) mass is 434 g/mol. The molecule has 2 rings (SSSR count). The highest BCUT2D eigenvalue weighted by molar-refractivity contribution is 7.92. The molecule has 0 bridgehead atoms. The van der Waals surface area contributed by atoms with E-state index in [1.807, 2.05) is 0 Å². The third-order valence-corrected chi connectivity index (χ3v) is 5.68. The number of carbonyl (C=O) groups excluding carboxylic acids is 3. The lowest BCUT2D eigenvalue weighted by atomic mass is 10.2. The summed E-state index contributed by atoms with van der Waals surface area (Å²) in [5.74, 6) is -1.70. The van der Waals surface area contributed by atoms with Crippen LogP contribution in [0.5, 0.6) is 0 Å². The van der Waals surface area contributed by atoms with Crippen molar-refractivity contribution in [1.82, 2.24) is 0 Å². The first-order valence-electron chi connectivity index (χ1n) is 8.93. The van der Waals surface area contributed by atoms with Gasteiger partial charge in [-0.3, -0.25) is 13.9 Å². The van der Waals surface area contributed by atoms with Crippen LogP contribution in [-0.2, 0) is 29.1 Å². The summed E-state index contributed by atoms with van der Waals surface area (Å²) in [6.45, 7) is 2.43. The predicted octanol–water partition coefficient (Wildman–Crippen LogP) is 2.19. The molecule has 0 saturated carbocycles. The molecule has 0 aliphatic carbocycles. The molecule has 2 aromatic carbocycles. The van der Waals surface area contributed by atoms with Crippen molar-refractivity contribution in [2.75, 3.05) is 29.9 Å². The molecule has 1 N–H and O–H groups in total. The number of amides is 1. The lowest BCUT2D eigenvalue weighted by Gasteiger charge is -2.24. The smallest absolute Gasteiger partial charge is 0.337 e. The van der Waals surface area contributed by atoms with E-state index in [1.165, 1.54) is 62.6 Å². The van der Waals surface area contributed by atoms with Gasteiger partial charge >= 0.3 is 11.9 Å². The summed E-state index contributed by atoms with van der Waals surface area (Å²) >= 11 is 0. The van der Waals surface area contributed by atoms with Crippen LogP contribution in [0.15, 0.2) is 53.4 Å². The Balaban J connectivity index is 2.49. The molecule has 0 saturated heterocycles. The molecule has 0 atom stereocenters. The predicted molar refractivity (Wildman–Crippen MR) is 110 cm³/mol. The maximum Gasteiger partial charge on any atom is 0.337 e. The molecule has 160 valence electrons. The van der Waals surface area contributed by atoms with Crippen molar-refractivity contribution >= 4 is 39.2 Å². The van der Waals surface area contributed by atoms with Gasteiger partial charge in [0.2, 0.25) is 5.91 Å². The number of hydrogen-bond donors (Lipinski definition) is 1. The van der Waals surface area contributed by atoms with Gasteiger partial charge in [0.1, 0.15) is 6.54 Å². The fourth-order valence-electron chi connectivity index (χ4n) is 2.59. The number of hydrogen-bond acceptors (Lipinski definition) is 7. The van der Waals surface area contributed by atoms with E-state index in [9.17, 15) is 22.8 Å². The van der Waals surface area contributed by atoms with Crippen LogP contribution in [0.3, 0.4) is 0 Å². The van der Waals surface area contributed by atoms with Gasteiger partial charge in [0.25, 0.3) is 10.0 Å². The van der Waals surface area contributed by atoms with Crippen LogP contribution in [0.25, 0.3) is 0 Å². The summed E-state index contributed by atoms with van der Waals surface area (Å²) in [5, 5.41) is 2.55. The molecule has 0 unspecified atom stereocenters. The van der Waals surface area contributed by atoms with E-state index in [4.69, 9.17) is 4.74 Å². The number of ether oxygens (including phenoxy) is 2. The first kappa shape index (κ1) is 22.9. The fourth-order valence-corrected chi connectivity index (χ4v) is 3.99. The summed E-state index contributed by atoms with van der Waals surface area (Å²) in [6, 6.07) is 11.2. The summed E-state index contributed by atoms with van der Waals surface area (Å²) in [6.07, 6.45) is 0. The van der Waals surface area contributed by atoms with Gasteiger partial charge in [-0.2, -0.15) is 0 Å². The molecule has 0 aromatic heterocycles. The number of anilines is 2. The van der Waals surface area contributed by atoms with Crippen molar-refractivity contribution in [2.45, 2.75) is 18.7 Å². The van der Waals surface area contributed by atoms with Crippen molar-refractivity contribution in [2.24, 2.45) is 0 Å². The average Bonchev–Trinajstić information content (AvgIpc) is 2.71. The third kappa shape index (κ3) is 5.57. The molecule has 2 aromatic rings. The number of methoxy groups -OCH3 is 1. The van der Waals surface area contributed by atoms with E-state index < -0.39 is 28.5 Å². The van der Waals surface area contributed by atoms with Crippen molar-refractivity contribution < 1.29 is 32.3 Å². The summed E-state index contributed by atoms with van der Waals surface area (Å²) in [5.41, 5.74) is 0.642. The van der Waals surface area contributed by atoms with Crippen LogP contribution in [0.4, 0.5) is 11.4 Å². The largest absolute Gasteiger partial charge is 0.465 e. The summed E-state index contributed by atoms with van der Waals surface area (Å²) in [4.78, 5) is 35.0. The van der Waals surface area contributed by atoms with Gasteiger partial charge < -0.3 is 14.8 Å². The van der Waals surface area contributed by atoms with Crippen LogP contribution < -0.4 is 9.62 Å². The number of nitrogens with one attached hydrogen (secondary N) is 1. The number of rotatable bonds is 8. The normalized spacial score (nSPS) is 10.8. The summed E-state index contributed by atoms with van der Waals surface area (Å²) < 4.78 is 37.0. The van der Waals surface area contributed by atoms with E-state index in [0.29, 0.717) is 5.69 Å². The lowest BCUT2D eigenvalue weighted by Crippen LogP contribution is -2.36. The Kier molecular flexibility index (Phi) is 7.54. The van der Waals surface area contributed by atoms with Crippen LogP contribution in [0.2, 0.25) is 0 Å². The minimum atomic E-state index is -4.19. The Labute approximate surface area is 174 Å². The van der Waals surface area contributed by atoms with E-state index in [1.54, 1.807) is 6.92 Å². The molecule has 10 heteroatoms. The van der Waals surface area contributed by atoms with Gasteiger partial charge in [-0.15, -0.1) is 0 Å². The molecule has 0 spiro atoms. The number of nitrogens with zero attached hydrogens (tertiary/aromatic N) is 1. The van der Waals surface area contributed by atoms with Crippen molar-refractivity contribution in [3.8, 4) is 0 Å². The van der Waals surface area contributed by atoms with Crippen molar-refractivity contribution in [1.29, 1.82) is 0 Å². The fraction of sp³-hybridized carbons (Fsp3) is 0.250. The first-order valence-corrected chi connectivity index (χ1v) is 10.4. The quantitative estimate of drug-likeness (QED) is 0.633. The number of benzene rings is 2. The molecule has 1 amide bonds. The molecule has 30 heavy (non-hydrogen) atoms. The first-order chi connectivity index (χ1) is 14.2. The second-order valence-electron chi connectivity index (χ2n) is 6.06. The second-order valence-corrected chi connectivity index (χ2v) is 7.93. The van der Waals surface area contributed by atoms with Crippen molar-refractivity contribution in [3.63, 3.8) is 0 Å². The average molecular weight is 434 g/mol. The molecule has 0 aliphatic heterocycles. The Morgan fingerprint density at radius 1 is 1.07 bits per heavy atom. The Morgan fingerprint density at radius 3 is 2.30 bits per heavy atom.